The number of carbonyl (C=O) groups excluding carboxylic acids is 2. The number of nitrogens with zero attached hydrogens (tertiary/aromatic N) is 4. The highest BCUT2D eigenvalue weighted by Crippen LogP contribution is 2.29. The Labute approximate surface area is 251 Å². The van der Waals surface area contributed by atoms with E-state index in [4.69, 9.17) is 10.1 Å². The van der Waals surface area contributed by atoms with E-state index in [0.717, 1.165) is 16.8 Å². The van der Waals surface area contributed by atoms with Crippen molar-refractivity contribution in [2.75, 3.05) is 30.8 Å². The topological polar surface area (TPSA) is 112 Å². The van der Waals surface area contributed by atoms with Gasteiger partial charge in [0.1, 0.15) is 0 Å². The first kappa shape index (κ1) is 29.5. The third-order valence-electron chi connectivity index (χ3n) is 7.34. The third kappa shape index (κ3) is 6.57. The third-order valence-corrected chi connectivity index (χ3v) is 7.34. The van der Waals surface area contributed by atoms with Gasteiger partial charge in [-0.3, -0.25) is 9.59 Å². The fourth-order valence-corrected chi connectivity index (χ4v) is 4.75. The van der Waals surface area contributed by atoms with Gasteiger partial charge in [0.05, 0.1) is 12.3 Å². The Morgan fingerprint density at radius 2 is 1.63 bits per heavy atom. The van der Waals surface area contributed by atoms with E-state index < -0.39 is 0 Å². The predicted molar refractivity (Wildman–Crippen MR) is 170 cm³/mol. The number of hydrogen-bond donors (Lipinski definition) is 3. The number of aliphatic hydroxyl groups is 1. The molecule has 5 rings (SSSR count). The van der Waals surface area contributed by atoms with Gasteiger partial charge >= 0.3 is 0 Å². The number of rotatable bonds is 8. The molecule has 0 atom stereocenters. The predicted octanol–water partition coefficient (Wildman–Crippen LogP) is 6.06. The van der Waals surface area contributed by atoms with Gasteiger partial charge < -0.3 is 25.0 Å². The van der Waals surface area contributed by atoms with Crippen LogP contribution in [-0.4, -0.2) is 56.4 Å². The lowest BCUT2D eigenvalue weighted by Gasteiger charge is -2.19. The Morgan fingerprint density at radius 3 is 2.30 bits per heavy atom. The summed E-state index contributed by atoms with van der Waals surface area (Å²) in [6.45, 7) is 8.61. The van der Waals surface area contributed by atoms with Gasteiger partial charge in [0.25, 0.3) is 11.8 Å². The monoisotopic (exact) mass is 576 g/mol. The average Bonchev–Trinajstić information content (AvgIpc) is 3.47. The van der Waals surface area contributed by atoms with Gasteiger partial charge in [0, 0.05) is 60.2 Å². The lowest BCUT2D eigenvalue weighted by atomic mass is 9.87. The number of aryl methyl sites for hydroxylation is 1. The number of anilines is 3. The van der Waals surface area contributed by atoms with Crippen molar-refractivity contribution < 1.29 is 14.7 Å². The smallest absolute Gasteiger partial charge is 0.255 e. The highest BCUT2D eigenvalue weighted by Gasteiger charge is 2.16. The first-order chi connectivity index (χ1) is 20.5. The summed E-state index contributed by atoms with van der Waals surface area (Å²) in [6.07, 6.45) is 5.47. The molecular weight excluding hydrogens is 540 g/mol. The van der Waals surface area contributed by atoms with Crippen LogP contribution in [0, 0.1) is 6.92 Å². The Bertz CT molecular complexity index is 1770. The molecule has 3 aromatic carbocycles. The zero-order valence-electron chi connectivity index (χ0n) is 25.0. The van der Waals surface area contributed by atoms with E-state index >= 15 is 0 Å². The van der Waals surface area contributed by atoms with Crippen molar-refractivity contribution in [3.63, 3.8) is 0 Å². The van der Waals surface area contributed by atoms with Crippen LogP contribution in [0.25, 0.3) is 16.9 Å². The van der Waals surface area contributed by atoms with Crippen LogP contribution in [0.15, 0.2) is 85.3 Å². The van der Waals surface area contributed by atoms with Crippen LogP contribution in [0.2, 0.25) is 0 Å². The van der Waals surface area contributed by atoms with Gasteiger partial charge in [-0.25, -0.2) is 9.97 Å². The minimum absolute atomic E-state index is 0.0120. The molecule has 0 unspecified atom stereocenters. The summed E-state index contributed by atoms with van der Waals surface area (Å²) in [5.74, 6) is 0.201. The number of hydrogen-bond acceptors (Lipinski definition) is 6. The number of benzene rings is 3. The van der Waals surface area contributed by atoms with Crippen LogP contribution < -0.4 is 10.6 Å². The number of imidazole rings is 1. The van der Waals surface area contributed by atoms with Crippen LogP contribution in [0.4, 0.5) is 17.2 Å². The number of amides is 2. The maximum atomic E-state index is 13.1. The van der Waals surface area contributed by atoms with E-state index in [0.29, 0.717) is 34.0 Å². The molecule has 2 heterocycles. The summed E-state index contributed by atoms with van der Waals surface area (Å²) in [5, 5.41) is 15.5. The molecule has 220 valence electrons. The second-order valence-electron chi connectivity index (χ2n) is 11.6. The molecule has 0 aliphatic carbocycles. The van der Waals surface area contributed by atoms with Crippen molar-refractivity contribution in [1.82, 2.24) is 19.3 Å². The number of nitrogens with one attached hydrogen (secondary N) is 2. The molecule has 0 saturated heterocycles. The molecule has 0 spiro atoms. The minimum atomic E-state index is -0.180. The van der Waals surface area contributed by atoms with Gasteiger partial charge in [0.2, 0.25) is 0 Å². The Kier molecular flexibility index (Phi) is 8.27. The molecular formula is C34H36N6O3. The lowest BCUT2D eigenvalue weighted by Crippen LogP contribution is -2.29. The molecule has 5 aromatic rings. The summed E-state index contributed by atoms with van der Waals surface area (Å²) < 4.78 is 1.90. The normalized spacial score (nSPS) is 11.4. The molecule has 9 heteroatoms. The molecule has 3 N–H and O–H groups in total. The molecule has 43 heavy (non-hydrogen) atoms. The fourth-order valence-electron chi connectivity index (χ4n) is 4.75. The van der Waals surface area contributed by atoms with E-state index in [2.05, 4.69) is 36.4 Å². The van der Waals surface area contributed by atoms with Crippen molar-refractivity contribution in [3.05, 3.63) is 108 Å². The van der Waals surface area contributed by atoms with Crippen LogP contribution in [-0.2, 0) is 5.41 Å². The Hall–Kier alpha value is -5.02. The molecule has 0 radical (unpaired) electrons. The number of fused-ring (bicyclic) bond motifs is 1. The van der Waals surface area contributed by atoms with E-state index in [1.165, 1.54) is 10.5 Å². The van der Waals surface area contributed by atoms with E-state index in [9.17, 15) is 9.59 Å². The van der Waals surface area contributed by atoms with Crippen LogP contribution in [0.1, 0.15) is 52.6 Å². The lowest BCUT2D eigenvalue weighted by molar-refractivity contribution is 0.0767. The molecule has 0 bridgehead atoms. The molecule has 2 amide bonds. The quantitative estimate of drug-likeness (QED) is 0.207. The van der Waals surface area contributed by atoms with Gasteiger partial charge in [0.15, 0.2) is 11.5 Å². The van der Waals surface area contributed by atoms with Gasteiger partial charge in [-0.1, -0.05) is 39.0 Å². The standard InChI is InChI=1S/C34H36N6O3/c1-22-6-13-27(37-32(42)23-7-11-25(12-8-23)34(2,3)4)20-28(22)29-21-40-17-16-35-31(40)30(38-29)36-26-14-9-24(10-15-26)33(43)39(5)18-19-41/h6-17,20-21,41H,18-19H2,1-5H3,(H,36,38)(H,37,42). The average molecular weight is 577 g/mol. The first-order valence-electron chi connectivity index (χ1n) is 14.1. The number of likely N-dealkylation sites (N-methyl/N-ethyl adjacent to an activating group) is 1. The summed E-state index contributed by atoms with van der Waals surface area (Å²) >= 11 is 0. The summed E-state index contributed by atoms with van der Waals surface area (Å²) in [4.78, 5) is 36.5. The Morgan fingerprint density at radius 1 is 0.953 bits per heavy atom. The highest BCUT2D eigenvalue weighted by molar-refractivity contribution is 6.04. The second-order valence-corrected chi connectivity index (χ2v) is 11.6. The van der Waals surface area contributed by atoms with E-state index in [1.54, 1.807) is 25.4 Å². The van der Waals surface area contributed by atoms with E-state index in [1.807, 2.05) is 78.3 Å². The highest BCUT2D eigenvalue weighted by atomic mass is 16.3. The van der Waals surface area contributed by atoms with Crippen molar-refractivity contribution in [1.29, 1.82) is 0 Å². The van der Waals surface area contributed by atoms with Crippen LogP contribution in [0.3, 0.4) is 0 Å². The summed E-state index contributed by atoms with van der Waals surface area (Å²) in [7, 11) is 1.65. The fraction of sp³-hybridized carbons (Fsp3) is 0.235. The van der Waals surface area contributed by atoms with Gasteiger partial charge in [-0.2, -0.15) is 0 Å². The van der Waals surface area contributed by atoms with Crippen LogP contribution in [0.5, 0.6) is 0 Å². The SMILES string of the molecule is Cc1ccc(NC(=O)c2ccc(C(C)(C)C)cc2)cc1-c1cn2ccnc2c(Nc2ccc(C(=O)N(C)CCO)cc2)n1. The maximum absolute atomic E-state index is 13.1. The number of aromatic nitrogens is 3. The molecule has 9 nitrogen and oxygen atoms in total. The summed E-state index contributed by atoms with van der Waals surface area (Å²) in [6, 6.07) is 20.6. The maximum Gasteiger partial charge on any atom is 0.255 e. The number of aliphatic hydroxyl groups excluding tert-OH is 1. The minimum Gasteiger partial charge on any atom is -0.395 e. The zero-order chi connectivity index (χ0) is 30.7. The molecule has 2 aromatic heterocycles. The second kappa shape index (κ2) is 12.1. The number of carbonyl (C=O) groups is 2. The molecule has 0 aliphatic rings. The van der Waals surface area contributed by atoms with Crippen molar-refractivity contribution in [3.8, 4) is 11.3 Å². The van der Waals surface area contributed by atoms with Gasteiger partial charge in [-0.15, -0.1) is 0 Å². The van der Waals surface area contributed by atoms with Crippen molar-refractivity contribution >= 4 is 34.7 Å². The zero-order valence-corrected chi connectivity index (χ0v) is 25.0. The van der Waals surface area contributed by atoms with E-state index in [-0.39, 0.29) is 30.4 Å². The van der Waals surface area contributed by atoms with Gasteiger partial charge in [-0.05, 0) is 72.0 Å². The first-order valence-corrected chi connectivity index (χ1v) is 14.1. The van der Waals surface area contributed by atoms with Crippen molar-refractivity contribution in [2.45, 2.75) is 33.1 Å². The molecule has 0 saturated carbocycles. The molecule has 0 aliphatic heterocycles. The largest absolute Gasteiger partial charge is 0.395 e. The molecule has 0 fully saturated rings. The Balaban J connectivity index is 1.40. The van der Waals surface area contributed by atoms with Crippen LogP contribution >= 0.6 is 0 Å². The van der Waals surface area contributed by atoms with Crippen molar-refractivity contribution in [2.24, 2.45) is 0 Å². The summed E-state index contributed by atoms with van der Waals surface area (Å²) in [5.41, 5.74) is 6.92.